The van der Waals surface area contributed by atoms with Crippen molar-refractivity contribution in [3.05, 3.63) is 60.2 Å². The Kier molecular flexibility index (Phi) is 3.82. The van der Waals surface area contributed by atoms with E-state index in [2.05, 4.69) is 62.6 Å². The van der Waals surface area contributed by atoms with Crippen LogP contribution in [-0.4, -0.2) is 23.3 Å². The summed E-state index contributed by atoms with van der Waals surface area (Å²) in [6.07, 6.45) is 2.28. The van der Waals surface area contributed by atoms with Crippen LogP contribution < -0.4 is 10.6 Å². The fourth-order valence-corrected chi connectivity index (χ4v) is 4.27. The van der Waals surface area contributed by atoms with Gasteiger partial charge in [-0.25, -0.2) is 0 Å². The van der Waals surface area contributed by atoms with Crippen LogP contribution in [0.1, 0.15) is 18.9 Å². The summed E-state index contributed by atoms with van der Waals surface area (Å²) in [5, 5.41) is 11.6. The van der Waals surface area contributed by atoms with E-state index in [0.29, 0.717) is 14.7 Å². The third kappa shape index (κ3) is 2.85. The van der Waals surface area contributed by atoms with E-state index in [1.54, 1.807) is 0 Å². The average Bonchev–Trinajstić information content (AvgIpc) is 3.01. The fraction of sp³-hybridized carbons (Fsp3) is 0.167. The number of rotatable bonds is 6. The topological polar surface area (TPSA) is 41.4 Å². The summed E-state index contributed by atoms with van der Waals surface area (Å²) >= 11 is 0.306. The molecule has 0 atom stereocenters. The van der Waals surface area contributed by atoms with Gasteiger partial charge in [0, 0.05) is 0 Å². The zero-order valence-electron chi connectivity index (χ0n) is 12.9. The zero-order valence-corrected chi connectivity index (χ0v) is 14.6. The molecule has 0 aliphatic heterocycles. The molecule has 0 saturated heterocycles. The maximum atomic E-state index is 4.53. The van der Waals surface area contributed by atoms with Gasteiger partial charge in [-0.3, -0.25) is 0 Å². The van der Waals surface area contributed by atoms with Crippen LogP contribution >= 0.6 is 0 Å². The van der Waals surface area contributed by atoms with Crippen molar-refractivity contribution in [3.8, 4) is 0 Å². The summed E-state index contributed by atoms with van der Waals surface area (Å²) in [7, 11) is 0. The van der Waals surface area contributed by atoms with Crippen LogP contribution in [-0.2, 0) is 6.42 Å². The first kappa shape index (κ1) is 14.4. The molecule has 3 heterocycles. The minimum atomic E-state index is 0.306. The molecule has 0 radical (unpaired) electrons. The van der Waals surface area contributed by atoms with Crippen LogP contribution in [0.2, 0.25) is 0 Å². The normalized spacial score (nSPS) is 11.2. The van der Waals surface area contributed by atoms with Gasteiger partial charge in [-0.15, -0.1) is 0 Å². The van der Waals surface area contributed by atoms with Gasteiger partial charge in [0.1, 0.15) is 0 Å². The van der Waals surface area contributed by atoms with Crippen molar-refractivity contribution in [1.82, 2.24) is 8.61 Å². The monoisotopic (exact) mass is 370 g/mol. The predicted molar refractivity (Wildman–Crippen MR) is 96.8 cm³/mol. The van der Waals surface area contributed by atoms with E-state index < -0.39 is 0 Å². The number of para-hydroxylation sites is 1. The Morgan fingerprint density at radius 2 is 1.78 bits per heavy atom. The molecule has 4 nitrogen and oxygen atoms in total. The van der Waals surface area contributed by atoms with E-state index in [1.165, 1.54) is 9.95 Å². The number of aryl methyl sites for hydroxylation is 1. The first-order valence-corrected chi connectivity index (χ1v) is 9.45. The van der Waals surface area contributed by atoms with Crippen molar-refractivity contribution < 1.29 is 0 Å². The molecule has 5 rings (SSSR count). The number of aromatic nitrogens is 2. The van der Waals surface area contributed by atoms with Gasteiger partial charge < -0.3 is 0 Å². The SMILES string of the molecule is CCCc1cccc(Nc2c(Nc3ccccc3)n3nc2[se]3)c1. The average molecular weight is 369 g/mol. The van der Waals surface area contributed by atoms with E-state index in [0.717, 1.165) is 35.7 Å². The van der Waals surface area contributed by atoms with Crippen LogP contribution in [0.3, 0.4) is 0 Å². The second kappa shape index (κ2) is 6.11. The van der Waals surface area contributed by atoms with Crippen molar-refractivity contribution in [1.29, 1.82) is 0 Å². The molecule has 116 valence electrons. The molecular formula is C18H18N4Se. The van der Waals surface area contributed by atoms with Gasteiger partial charge >= 0.3 is 141 Å². The van der Waals surface area contributed by atoms with Gasteiger partial charge in [-0.1, -0.05) is 0 Å². The van der Waals surface area contributed by atoms with Crippen molar-refractivity contribution in [2.24, 2.45) is 0 Å². The van der Waals surface area contributed by atoms with Gasteiger partial charge in [0.2, 0.25) is 0 Å². The molecular weight excluding hydrogens is 351 g/mol. The van der Waals surface area contributed by atoms with Crippen LogP contribution in [0.5, 0.6) is 0 Å². The quantitative estimate of drug-likeness (QED) is 0.499. The molecule has 5 heteroatoms. The van der Waals surface area contributed by atoms with Crippen LogP contribution in [0.15, 0.2) is 54.6 Å². The number of nitrogens with one attached hydrogen (secondary N) is 2. The van der Waals surface area contributed by atoms with E-state index in [1.807, 2.05) is 18.2 Å². The number of fused-ring (bicyclic) bond motifs is 1. The van der Waals surface area contributed by atoms with Crippen molar-refractivity contribution >= 4 is 42.0 Å². The summed E-state index contributed by atoms with van der Waals surface area (Å²) in [6, 6.07) is 18.9. The molecule has 0 saturated carbocycles. The Hall–Kier alpha value is -2.23. The first-order chi connectivity index (χ1) is 11.3. The molecule has 23 heavy (non-hydrogen) atoms. The third-order valence-corrected chi connectivity index (χ3v) is 5.65. The number of benzene rings is 2. The molecule has 0 spiro atoms. The fourth-order valence-electron chi connectivity index (χ4n) is 2.68. The van der Waals surface area contributed by atoms with Gasteiger partial charge in [-0.2, -0.15) is 0 Å². The van der Waals surface area contributed by atoms with E-state index in [4.69, 9.17) is 0 Å². The summed E-state index contributed by atoms with van der Waals surface area (Å²) in [5.74, 6) is 1.06. The van der Waals surface area contributed by atoms with Crippen LogP contribution in [0.4, 0.5) is 22.9 Å². The van der Waals surface area contributed by atoms with Gasteiger partial charge in [0.25, 0.3) is 0 Å². The molecule has 0 aliphatic carbocycles. The molecule has 0 aliphatic rings. The van der Waals surface area contributed by atoms with Crippen molar-refractivity contribution in [3.63, 3.8) is 0 Å². The number of hydrogen-bond acceptors (Lipinski definition) is 3. The molecule has 3 aromatic heterocycles. The van der Waals surface area contributed by atoms with Gasteiger partial charge in [0.05, 0.1) is 0 Å². The van der Waals surface area contributed by atoms with E-state index in [9.17, 15) is 0 Å². The summed E-state index contributed by atoms with van der Waals surface area (Å²) in [5.41, 5.74) is 4.70. The molecule has 0 unspecified atom stereocenters. The molecule has 2 N–H and O–H groups in total. The Morgan fingerprint density at radius 3 is 2.57 bits per heavy atom. The van der Waals surface area contributed by atoms with Gasteiger partial charge in [-0.05, 0) is 0 Å². The van der Waals surface area contributed by atoms with Crippen molar-refractivity contribution in [2.45, 2.75) is 19.8 Å². The van der Waals surface area contributed by atoms with E-state index in [-0.39, 0.29) is 0 Å². The maximum absolute atomic E-state index is 4.53. The molecule has 0 amide bonds. The molecule has 2 bridgehead atoms. The first-order valence-electron chi connectivity index (χ1n) is 7.83. The second-order valence-electron chi connectivity index (χ2n) is 5.56. The number of hydrogen-bond donors (Lipinski definition) is 2. The molecule has 0 fully saturated rings. The van der Waals surface area contributed by atoms with Crippen LogP contribution in [0, 0.1) is 0 Å². The number of nitrogens with zero attached hydrogens (tertiary/aromatic N) is 2. The van der Waals surface area contributed by atoms with Gasteiger partial charge in [0.15, 0.2) is 0 Å². The van der Waals surface area contributed by atoms with Crippen LogP contribution in [0.25, 0.3) is 4.39 Å². The summed E-state index contributed by atoms with van der Waals surface area (Å²) < 4.78 is 3.24. The summed E-state index contributed by atoms with van der Waals surface area (Å²) in [4.78, 5) is 0. The Labute approximate surface area is 141 Å². The summed E-state index contributed by atoms with van der Waals surface area (Å²) in [6.45, 7) is 2.21. The predicted octanol–water partition coefficient (Wildman–Crippen LogP) is 4.27. The number of anilines is 4. The Morgan fingerprint density at radius 1 is 1.00 bits per heavy atom. The molecule has 2 aromatic carbocycles. The Balaban J connectivity index is 1.60. The standard InChI is InChI=1S/C18H18N4Se/c1-2-7-13-8-6-11-15(12-13)19-16-17(22-21-18(16)23-22)20-14-9-4-3-5-10-14/h3-6,8-12,19-20H,2,7H2,1H3. The minimum absolute atomic E-state index is 0.306. The second-order valence-corrected chi connectivity index (χ2v) is 7.48. The molecule has 5 aromatic rings. The third-order valence-electron chi connectivity index (χ3n) is 3.77. The zero-order chi connectivity index (χ0) is 15.6. The van der Waals surface area contributed by atoms with E-state index >= 15 is 0 Å². The Bertz CT molecular complexity index is 879. The van der Waals surface area contributed by atoms with Crippen molar-refractivity contribution in [2.75, 3.05) is 10.6 Å².